The summed E-state index contributed by atoms with van der Waals surface area (Å²) in [7, 11) is -1.02. The summed E-state index contributed by atoms with van der Waals surface area (Å²) in [4.78, 5) is 11.6. The first-order valence-corrected chi connectivity index (χ1v) is 8.93. The molecule has 1 aliphatic rings. The van der Waals surface area contributed by atoms with Crippen LogP contribution >= 0.6 is 0 Å². The molecule has 8 nitrogen and oxygen atoms in total. The molecule has 128 valence electrons. The maximum Gasteiger partial charge on any atom is 0.337 e. The highest BCUT2D eigenvalue weighted by Gasteiger charge is 2.25. The van der Waals surface area contributed by atoms with Gasteiger partial charge in [-0.25, -0.2) is 13.2 Å². The second kappa shape index (κ2) is 6.33. The Morgan fingerprint density at radius 1 is 1.38 bits per heavy atom. The fourth-order valence-electron chi connectivity index (χ4n) is 2.69. The molecule has 1 aromatic heterocycles. The zero-order chi connectivity index (χ0) is 17.3. The van der Waals surface area contributed by atoms with Gasteiger partial charge in [0.1, 0.15) is 11.6 Å². The van der Waals surface area contributed by atoms with Gasteiger partial charge in [0.05, 0.1) is 24.1 Å². The largest absolute Gasteiger partial charge is 0.465 e. The fourth-order valence-corrected chi connectivity index (χ4v) is 3.86. The summed E-state index contributed by atoms with van der Waals surface area (Å²) < 4.78 is 33.3. The van der Waals surface area contributed by atoms with Gasteiger partial charge in [-0.2, -0.15) is 4.31 Å². The molecule has 0 N–H and O–H groups in total. The van der Waals surface area contributed by atoms with Crippen LogP contribution in [0, 0.1) is 0 Å². The van der Waals surface area contributed by atoms with Crippen molar-refractivity contribution in [3.8, 4) is 0 Å². The number of rotatable bonds is 5. The van der Waals surface area contributed by atoms with Crippen LogP contribution in [0.15, 0.2) is 29.2 Å². The van der Waals surface area contributed by atoms with Gasteiger partial charge in [-0.1, -0.05) is 6.07 Å². The molecule has 0 spiro atoms. The summed E-state index contributed by atoms with van der Waals surface area (Å²) in [6.45, 7) is 0.932. The number of methoxy groups -OCH3 is 1. The number of carbonyl (C=O) groups is 1. The van der Waals surface area contributed by atoms with E-state index in [0.29, 0.717) is 5.82 Å². The molecule has 3 rings (SSSR count). The molecule has 1 aliphatic heterocycles. The van der Waals surface area contributed by atoms with Crippen LogP contribution in [0.2, 0.25) is 0 Å². The van der Waals surface area contributed by atoms with Crippen molar-refractivity contribution in [2.24, 2.45) is 0 Å². The number of carbonyl (C=O) groups excluding carboxylic acids is 1. The zero-order valence-electron chi connectivity index (χ0n) is 13.5. The smallest absolute Gasteiger partial charge is 0.337 e. The molecule has 24 heavy (non-hydrogen) atoms. The Balaban J connectivity index is 1.85. The lowest BCUT2D eigenvalue weighted by atomic mass is 10.2. The first-order valence-electron chi connectivity index (χ1n) is 7.49. The number of ether oxygens (including phenoxy) is 1. The van der Waals surface area contributed by atoms with Crippen molar-refractivity contribution >= 4 is 16.0 Å². The van der Waals surface area contributed by atoms with Gasteiger partial charge < -0.3 is 9.30 Å². The predicted octanol–water partition coefficient (Wildman–Crippen LogP) is 0.832. The van der Waals surface area contributed by atoms with Crippen molar-refractivity contribution in [1.29, 1.82) is 0 Å². The molecule has 0 saturated heterocycles. The van der Waals surface area contributed by atoms with Crippen molar-refractivity contribution in [3.05, 3.63) is 41.5 Å². The highest BCUT2D eigenvalue weighted by molar-refractivity contribution is 7.89. The van der Waals surface area contributed by atoms with Crippen LogP contribution in [0.1, 0.15) is 28.4 Å². The molecule has 1 aromatic carbocycles. The Bertz CT molecular complexity index is 875. The maximum atomic E-state index is 12.7. The third-order valence-electron chi connectivity index (χ3n) is 4.01. The number of benzene rings is 1. The molecule has 0 bridgehead atoms. The van der Waals surface area contributed by atoms with E-state index < -0.39 is 16.0 Å². The Morgan fingerprint density at radius 2 is 2.17 bits per heavy atom. The number of aryl methyl sites for hydroxylation is 1. The fraction of sp³-hybridized carbons (Fsp3) is 0.400. The van der Waals surface area contributed by atoms with Gasteiger partial charge in [0.15, 0.2) is 0 Å². The lowest BCUT2D eigenvalue weighted by Gasteiger charge is -2.17. The minimum atomic E-state index is -3.75. The van der Waals surface area contributed by atoms with Crippen molar-refractivity contribution < 1.29 is 17.9 Å². The van der Waals surface area contributed by atoms with Crippen LogP contribution in [0.3, 0.4) is 0 Å². The molecular formula is C15H18N4O4S. The summed E-state index contributed by atoms with van der Waals surface area (Å²) in [6.07, 6.45) is 1.86. The Hall–Kier alpha value is -2.26. The molecule has 0 unspecified atom stereocenters. The Morgan fingerprint density at radius 3 is 2.92 bits per heavy atom. The van der Waals surface area contributed by atoms with Gasteiger partial charge in [-0.3, -0.25) is 0 Å². The molecule has 0 radical (unpaired) electrons. The van der Waals surface area contributed by atoms with Crippen LogP contribution in [0.4, 0.5) is 0 Å². The first kappa shape index (κ1) is 16.6. The quantitative estimate of drug-likeness (QED) is 0.742. The van der Waals surface area contributed by atoms with Crippen LogP contribution in [0.25, 0.3) is 0 Å². The van der Waals surface area contributed by atoms with Crippen molar-refractivity contribution in [3.63, 3.8) is 0 Å². The van der Waals surface area contributed by atoms with Gasteiger partial charge in [0.25, 0.3) is 0 Å². The second-order valence-corrected chi connectivity index (χ2v) is 7.61. The maximum absolute atomic E-state index is 12.7. The van der Waals surface area contributed by atoms with E-state index in [-0.39, 0.29) is 17.0 Å². The van der Waals surface area contributed by atoms with E-state index in [0.717, 1.165) is 25.2 Å². The van der Waals surface area contributed by atoms with Crippen molar-refractivity contribution in [2.75, 3.05) is 14.2 Å². The van der Waals surface area contributed by atoms with E-state index in [1.807, 2.05) is 4.57 Å². The number of sulfonamides is 1. The average molecular weight is 350 g/mol. The van der Waals surface area contributed by atoms with Gasteiger partial charge >= 0.3 is 5.97 Å². The number of fused-ring (bicyclic) bond motifs is 1. The number of nitrogens with zero attached hydrogens (tertiary/aromatic N) is 4. The molecule has 0 amide bonds. The third kappa shape index (κ3) is 2.92. The highest BCUT2D eigenvalue weighted by Crippen LogP contribution is 2.20. The minimum Gasteiger partial charge on any atom is -0.465 e. The molecule has 9 heteroatoms. The average Bonchev–Trinajstić information content (AvgIpc) is 3.19. The van der Waals surface area contributed by atoms with E-state index >= 15 is 0 Å². The van der Waals surface area contributed by atoms with E-state index in [1.54, 1.807) is 0 Å². The second-order valence-electron chi connectivity index (χ2n) is 5.57. The van der Waals surface area contributed by atoms with Crippen LogP contribution in [0.5, 0.6) is 0 Å². The normalized spacial score (nSPS) is 14.0. The molecule has 2 heterocycles. The molecule has 2 aromatic rings. The summed E-state index contributed by atoms with van der Waals surface area (Å²) >= 11 is 0. The summed E-state index contributed by atoms with van der Waals surface area (Å²) in [6, 6.07) is 5.79. The lowest BCUT2D eigenvalue weighted by molar-refractivity contribution is 0.0600. The van der Waals surface area contributed by atoms with Crippen molar-refractivity contribution in [2.45, 2.75) is 30.8 Å². The summed E-state index contributed by atoms with van der Waals surface area (Å²) in [5.74, 6) is 0.936. The van der Waals surface area contributed by atoms with Gasteiger partial charge in [-0.15, -0.1) is 10.2 Å². The SMILES string of the molecule is COC(=O)c1cccc(S(=O)(=O)N(C)Cc2nnc3n2CCC3)c1. The van der Waals surface area contributed by atoms with E-state index in [1.165, 1.54) is 42.7 Å². The molecule has 0 saturated carbocycles. The van der Waals surface area contributed by atoms with Gasteiger partial charge in [0.2, 0.25) is 10.0 Å². The lowest BCUT2D eigenvalue weighted by Crippen LogP contribution is -2.28. The standard InChI is InChI=1S/C15H18N4O4S/c1-18(10-14-17-16-13-7-4-8-19(13)14)24(21,22)12-6-3-5-11(9-12)15(20)23-2/h3,5-6,9H,4,7-8,10H2,1-2H3. The van der Waals surface area contributed by atoms with Gasteiger partial charge in [0, 0.05) is 20.0 Å². The van der Waals surface area contributed by atoms with Crippen LogP contribution in [-0.4, -0.2) is 47.6 Å². The van der Waals surface area contributed by atoms with Crippen LogP contribution < -0.4 is 0 Å². The number of aromatic nitrogens is 3. The molecule has 0 aliphatic carbocycles. The number of hydrogen-bond acceptors (Lipinski definition) is 6. The van der Waals surface area contributed by atoms with E-state index in [9.17, 15) is 13.2 Å². The topological polar surface area (TPSA) is 94.4 Å². The predicted molar refractivity (Wildman–Crippen MR) is 84.8 cm³/mol. The van der Waals surface area contributed by atoms with E-state index in [4.69, 9.17) is 0 Å². The van der Waals surface area contributed by atoms with Crippen molar-refractivity contribution in [1.82, 2.24) is 19.1 Å². The molecule has 0 fully saturated rings. The molecular weight excluding hydrogens is 332 g/mol. The number of esters is 1. The minimum absolute atomic E-state index is 0.0362. The summed E-state index contributed by atoms with van der Waals surface area (Å²) in [5, 5.41) is 8.16. The Labute approximate surface area is 140 Å². The highest BCUT2D eigenvalue weighted by atomic mass is 32.2. The third-order valence-corrected chi connectivity index (χ3v) is 5.81. The summed E-state index contributed by atoms with van der Waals surface area (Å²) in [5.41, 5.74) is 0.190. The van der Waals surface area contributed by atoms with E-state index in [2.05, 4.69) is 14.9 Å². The monoisotopic (exact) mass is 350 g/mol. The first-order chi connectivity index (χ1) is 11.4. The van der Waals surface area contributed by atoms with Crippen LogP contribution in [-0.2, 0) is 34.3 Å². The van der Waals surface area contributed by atoms with Gasteiger partial charge in [-0.05, 0) is 24.6 Å². The number of hydrogen-bond donors (Lipinski definition) is 0. The molecule has 0 atom stereocenters. The Kier molecular flexibility index (Phi) is 4.37. The zero-order valence-corrected chi connectivity index (χ0v) is 14.3.